The third kappa shape index (κ3) is 6.97. The summed E-state index contributed by atoms with van der Waals surface area (Å²) < 4.78 is 20.0. The van der Waals surface area contributed by atoms with E-state index < -0.39 is 5.50 Å². The zero-order valence-corrected chi connectivity index (χ0v) is 36.8. The number of benzene rings is 3. The van der Waals surface area contributed by atoms with Gasteiger partial charge in [0.2, 0.25) is 0 Å². The van der Waals surface area contributed by atoms with E-state index in [-0.39, 0.29) is 11.9 Å². The molecule has 60 heavy (non-hydrogen) atoms. The van der Waals surface area contributed by atoms with Gasteiger partial charge in [-0.25, -0.2) is 4.98 Å². The van der Waals surface area contributed by atoms with Gasteiger partial charge in [-0.2, -0.15) is 10.2 Å². The minimum atomic E-state index is -0.702. The number of nitrogens with zero attached hydrogens (tertiary/aromatic N) is 9. The van der Waals surface area contributed by atoms with E-state index in [1.54, 1.807) is 11.0 Å². The van der Waals surface area contributed by atoms with Crippen LogP contribution in [-0.2, 0) is 31.8 Å². The Morgan fingerprint density at radius 2 is 1.72 bits per heavy atom. The van der Waals surface area contributed by atoms with Crippen molar-refractivity contribution in [1.82, 2.24) is 38.6 Å². The Morgan fingerprint density at radius 3 is 2.42 bits per heavy atom. The van der Waals surface area contributed by atoms with Gasteiger partial charge in [0.25, 0.3) is 5.91 Å². The van der Waals surface area contributed by atoms with Crippen LogP contribution in [0.25, 0.3) is 44.3 Å². The fourth-order valence-corrected chi connectivity index (χ4v) is 9.68. The molecule has 0 spiro atoms. The van der Waals surface area contributed by atoms with Crippen LogP contribution in [0.4, 0.5) is 5.69 Å². The van der Waals surface area contributed by atoms with Crippen molar-refractivity contribution in [2.45, 2.75) is 65.5 Å². The summed E-state index contributed by atoms with van der Waals surface area (Å²) in [5.74, 6) is 1.27. The number of amides is 1. The minimum Gasteiger partial charge on any atom is -0.494 e. The van der Waals surface area contributed by atoms with Crippen LogP contribution in [0.2, 0.25) is 5.02 Å². The monoisotopic (exact) mass is 847 g/mol. The van der Waals surface area contributed by atoms with Gasteiger partial charge < -0.3 is 18.6 Å². The van der Waals surface area contributed by atoms with E-state index in [0.717, 1.165) is 122 Å². The minimum absolute atomic E-state index is 0.136. The molecule has 1 fully saturated rings. The number of ether oxygens (including phenoxy) is 2. The molecule has 4 aromatic heterocycles. The Balaban J connectivity index is 1.17. The number of rotatable bonds is 11. The number of halogens is 2. The second-order valence-corrected chi connectivity index (χ2v) is 17.1. The predicted octanol–water partition coefficient (Wildman–Crippen LogP) is 8.81. The smallest absolute Gasteiger partial charge is 0.276 e. The second kappa shape index (κ2) is 16.0. The Bertz CT molecular complexity index is 2750. The molecule has 0 aliphatic carbocycles. The van der Waals surface area contributed by atoms with Gasteiger partial charge in [-0.1, -0.05) is 41.4 Å². The van der Waals surface area contributed by atoms with E-state index in [0.29, 0.717) is 31.0 Å². The van der Waals surface area contributed by atoms with Gasteiger partial charge in [0.05, 0.1) is 48.3 Å². The van der Waals surface area contributed by atoms with E-state index in [1.807, 2.05) is 56.6 Å². The van der Waals surface area contributed by atoms with E-state index >= 15 is 4.79 Å². The normalized spacial score (nSPS) is 17.4. The van der Waals surface area contributed by atoms with Crippen LogP contribution in [0.15, 0.2) is 61.1 Å². The van der Waals surface area contributed by atoms with Gasteiger partial charge in [-0.05, 0) is 94.5 Å². The molecule has 1 saturated heterocycles. The summed E-state index contributed by atoms with van der Waals surface area (Å²) in [6.07, 6.45) is 5.12. The number of morpholine rings is 1. The summed E-state index contributed by atoms with van der Waals surface area (Å²) in [7, 11) is 3.83. The summed E-state index contributed by atoms with van der Waals surface area (Å²) in [6, 6.07) is 16.3. The highest BCUT2D eigenvalue weighted by Crippen LogP contribution is 2.46. The Kier molecular flexibility index (Phi) is 10.8. The summed E-state index contributed by atoms with van der Waals surface area (Å²) in [4.78, 5) is 24.4. The van der Waals surface area contributed by atoms with Crippen LogP contribution < -0.4 is 9.64 Å². The fourth-order valence-electron chi connectivity index (χ4n) is 9.26. The molecule has 14 heteroatoms. The van der Waals surface area contributed by atoms with E-state index in [1.165, 1.54) is 0 Å². The number of hydrogen-bond donors (Lipinski definition) is 0. The molecule has 0 bridgehead atoms. The lowest BCUT2D eigenvalue weighted by molar-refractivity contribution is 0.0365. The number of alkyl halides is 1. The first-order chi connectivity index (χ1) is 28.9. The van der Waals surface area contributed by atoms with Crippen LogP contribution in [0.3, 0.4) is 0 Å². The lowest BCUT2D eigenvalue weighted by Crippen LogP contribution is -2.47. The van der Waals surface area contributed by atoms with Crippen molar-refractivity contribution in [2.24, 2.45) is 14.1 Å². The molecule has 3 aromatic carbocycles. The molecule has 6 heterocycles. The van der Waals surface area contributed by atoms with Gasteiger partial charge in [0.1, 0.15) is 23.3 Å². The first kappa shape index (κ1) is 40.3. The molecule has 2 atom stereocenters. The SMILES string of the molecule is Cc1cc(OCCCc2c3n(c4c(-c5c(C)nn(C)c5C)cccc24)C(C)[C@@H](Cl)N(c2cn(CCN4CCOCC4)c4ccc(-c5ncn(C)n5)cc24)C3=O)cc(C)c1Cl. The van der Waals surface area contributed by atoms with Crippen LogP contribution in [0.5, 0.6) is 5.75 Å². The fraction of sp³-hybridized carbons (Fsp3) is 0.391. The predicted molar refractivity (Wildman–Crippen MR) is 239 cm³/mol. The average molecular weight is 849 g/mol. The van der Waals surface area contributed by atoms with Crippen molar-refractivity contribution in [1.29, 1.82) is 0 Å². The van der Waals surface area contributed by atoms with Gasteiger partial charge in [-0.3, -0.25) is 24.0 Å². The highest BCUT2D eigenvalue weighted by Gasteiger charge is 2.42. The number of aromatic nitrogens is 7. The Labute approximate surface area is 360 Å². The molecular formula is C46H51Cl2N9O3. The summed E-state index contributed by atoms with van der Waals surface area (Å²) in [5, 5.41) is 12.1. The largest absolute Gasteiger partial charge is 0.494 e. The topological polar surface area (TPSA) is 100 Å². The lowest BCUT2D eigenvalue weighted by atomic mass is 9.98. The Hall–Kier alpha value is -5.14. The van der Waals surface area contributed by atoms with Crippen molar-refractivity contribution in [3.8, 4) is 28.3 Å². The summed E-state index contributed by atoms with van der Waals surface area (Å²) >= 11 is 14.1. The van der Waals surface area contributed by atoms with Crippen LogP contribution >= 0.6 is 23.2 Å². The zero-order valence-electron chi connectivity index (χ0n) is 35.3. The molecule has 2 aliphatic heterocycles. The molecule has 0 N–H and O–H groups in total. The van der Waals surface area contributed by atoms with E-state index in [2.05, 4.69) is 80.6 Å². The number of aryl methyl sites for hydroxylation is 6. The van der Waals surface area contributed by atoms with Crippen LogP contribution in [0.1, 0.15) is 58.0 Å². The van der Waals surface area contributed by atoms with Crippen LogP contribution in [-0.4, -0.2) is 89.4 Å². The maximum Gasteiger partial charge on any atom is 0.276 e. The lowest BCUT2D eigenvalue weighted by Gasteiger charge is -2.38. The maximum absolute atomic E-state index is 15.6. The third-order valence-corrected chi connectivity index (χ3v) is 13.5. The quantitative estimate of drug-likeness (QED) is 0.0729. The molecule has 1 unspecified atom stereocenters. The maximum atomic E-state index is 15.6. The second-order valence-electron chi connectivity index (χ2n) is 16.3. The molecule has 2 aliphatic rings. The third-order valence-electron chi connectivity index (χ3n) is 12.4. The van der Waals surface area contributed by atoms with Crippen LogP contribution in [0, 0.1) is 27.7 Å². The zero-order chi connectivity index (χ0) is 42.0. The Morgan fingerprint density at radius 1 is 0.950 bits per heavy atom. The molecule has 0 saturated carbocycles. The molecular weight excluding hydrogens is 797 g/mol. The van der Waals surface area contributed by atoms with Crippen molar-refractivity contribution in [3.63, 3.8) is 0 Å². The average Bonchev–Trinajstić information content (AvgIpc) is 3.99. The van der Waals surface area contributed by atoms with Gasteiger partial charge in [0, 0.05) is 84.7 Å². The number of carbonyl (C=O) groups is 1. The van der Waals surface area contributed by atoms with Gasteiger partial charge in [0.15, 0.2) is 5.82 Å². The van der Waals surface area contributed by atoms with Crippen molar-refractivity contribution in [3.05, 3.63) is 99.8 Å². The number of hydrogen-bond acceptors (Lipinski definition) is 7. The van der Waals surface area contributed by atoms with E-state index in [9.17, 15) is 0 Å². The molecule has 0 radical (unpaired) electrons. The number of fused-ring (bicyclic) bond motifs is 4. The highest BCUT2D eigenvalue weighted by atomic mass is 35.5. The molecule has 9 rings (SSSR count). The van der Waals surface area contributed by atoms with Gasteiger partial charge >= 0.3 is 0 Å². The number of anilines is 1. The molecule has 1 amide bonds. The number of para-hydroxylation sites is 1. The molecule has 312 valence electrons. The number of carbonyl (C=O) groups excluding carboxylic acids is 1. The summed E-state index contributed by atoms with van der Waals surface area (Å²) in [5.41, 5.74) is 10.6. The van der Waals surface area contributed by atoms with Crippen molar-refractivity contribution < 1.29 is 14.3 Å². The first-order valence-electron chi connectivity index (χ1n) is 20.7. The highest BCUT2D eigenvalue weighted by molar-refractivity contribution is 6.32. The summed E-state index contributed by atoms with van der Waals surface area (Å²) in [6.45, 7) is 15.6. The standard InChI is InChI=1S/C46H51Cl2N9O3/c1-27-22-33(23-28(2)41(27)47)60-19-9-12-35-34-10-8-11-36(40-29(3)50-53(7)30(40)4)42(34)56-31(5)44(48)57(46(58)43(35)56)39-25-55(16-15-54-17-20-59-21-18-54)38-14-13-32(24-37(38)39)45-49-26-52(6)51-45/h8,10-11,13-14,22-26,31,44H,9,12,15-21H2,1-7H3/t31?,44-/m0/s1. The molecule has 7 aromatic rings. The van der Waals surface area contributed by atoms with Crippen molar-refractivity contribution >= 4 is 56.6 Å². The molecule has 12 nitrogen and oxygen atoms in total. The van der Waals surface area contributed by atoms with Crippen molar-refractivity contribution in [2.75, 3.05) is 44.4 Å². The first-order valence-corrected chi connectivity index (χ1v) is 21.5. The van der Waals surface area contributed by atoms with Gasteiger partial charge in [-0.15, -0.1) is 0 Å². The van der Waals surface area contributed by atoms with E-state index in [4.69, 9.17) is 37.8 Å².